The number of carboxylic acids is 1. The minimum absolute atomic E-state index is 0.0699. The number of amides is 1. The Kier molecular flexibility index (Phi) is 8.96. The molecule has 4 rings (SSSR count). The van der Waals surface area contributed by atoms with E-state index in [2.05, 4.69) is 31.3 Å². The van der Waals surface area contributed by atoms with Crippen molar-refractivity contribution in [2.75, 3.05) is 49.1 Å². The fourth-order valence-electron chi connectivity index (χ4n) is 4.25. The lowest BCUT2D eigenvalue weighted by Gasteiger charge is -2.36. The standard InChI is InChI=1S/C27H31N7O4/c1-2-32(24(35)14-28)17-20-5-3-6-21(13-20)23-15-30-27(31-16-23)34-11-9-33(10-12-34)26-22(7-4-8-29-26)18-38-19-25(36)37/h2-8,13,15-16H,1,9-12,14,17-19,28H2,(H,36,37). The van der Waals surface area contributed by atoms with Crippen molar-refractivity contribution in [3.05, 3.63) is 78.9 Å². The first-order valence-electron chi connectivity index (χ1n) is 12.2. The summed E-state index contributed by atoms with van der Waals surface area (Å²) in [4.78, 5) is 42.2. The maximum atomic E-state index is 11.9. The number of aromatic nitrogens is 3. The van der Waals surface area contributed by atoms with Gasteiger partial charge in [-0.15, -0.1) is 0 Å². The van der Waals surface area contributed by atoms with Crippen molar-refractivity contribution in [1.82, 2.24) is 19.9 Å². The molecule has 2 aromatic heterocycles. The van der Waals surface area contributed by atoms with Crippen LogP contribution in [-0.4, -0.2) is 76.2 Å². The van der Waals surface area contributed by atoms with Crippen molar-refractivity contribution in [2.24, 2.45) is 5.73 Å². The molecule has 0 spiro atoms. The molecular weight excluding hydrogens is 486 g/mol. The second kappa shape index (κ2) is 12.7. The van der Waals surface area contributed by atoms with Gasteiger partial charge < -0.3 is 30.3 Å². The lowest BCUT2D eigenvalue weighted by atomic mass is 10.1. The normalized spacial score (nSPS) is 13.3. The van der Waals surface area contributed by atoms with Gasteiger partial charge in [-0.25, -0.2) is 19.7 Å². The highest BCUT2D eigenvalue weighted by atomic mass is 16.5. The van der Waals surface area contributed by atoms with E-state index in [4.69, 9.17) is 15.6 Å². The van der Waals surface area contributed by atoms with Crippen LogP contribution in [0, 0.1) is 0 Å². The molecule has 1 aromatic carbocycles. The third-order valence-corrected chi connectivity index (χ3v) is 6.18. The molecule has 1 aliphatic rings. The number of benzene rings is 1. The van der Waals surface area contributed by atoms with Crippen molar-refractivity contribution in [3.63, 3.8) is 0 Å². The van der Waals surface area contributed by atoms with Crippen molar-refractivity contribution in [3.8, 4) is 11.1 Å². The number of nitrogens with two attached hydrogens (primary N) is 1. The molecule has 1 aliphatic heterocycles. The third-order valence-electron chi connectivity index (χ3n) is 6.18. The highest BCUT2D eigenvalue weighted by Gasteiger charge is 2.22. The summed E-state index contributed by atoms with van der Waals surface area (Å²) in [5.41, 5.74) is 9.12. The van der Waals surface area contributed by atoms with E-state index in [1.54, 1.807) is 18.6 Å². The molecule has 11 heteroatoms. The molecule has 38 heavy (non-hydrogen) atoms. The van der Waals surface area contributed by atoms with E-state index in [1.807, 2.05) is 36.4 Å². The monoisotopic (exact) mass is 517 g/mol. The van der Waals surface area contributed by atoms with Crippen molar-refractivity contribution in [1.29, 1.82) is 0 Å². The summed E-state index contributed by atoms with van der Waals surface area (Å²) in [6, 6.07) is 11.6. The topological polar surface area (TPSA) is 138 Å². The average molecular weight is 518 g/mol. The molecule has 3 heterocycles. The first kappa shape index (κ1) is 26.7. The van der Waals surface area contributed by atoms with Gasteiger partial charge in [-0.1, -0.05) is 30.8 Å². The van der Waals surface area contributed by atoms with Gasteiger partial charge in [0.2, 0.25) is 11.9 Å². The van der Waals surface area contributed by atoms with Gasteiger partial charge in [0.15, 0.2) is 0 Å². The largest absolute Gasteiger partial charge is 0.480 e. The number of hydrogen-bond donors (Lipinski definition) is 2. The number of piperazine rings is 1. The van der Waals surface area contributed by atoms with Crippen LogP contribution >= 0.6 is 0 Å². The van der Waals surface area contributed by atoms with E-state index in [0.717, 1.165) is 41.2 Å². The molecular formula is C27H31N7O4. The van der Waals surface area contributed by atoms with Crippen molar-refractivity contribution < 1.29 is 19.4 Å². The summed E-state index contributed by atoms with van der Waals surface area (Å²) in [6.45, 7) is 6.73. The Morgan fingerprint density at radius 3 is 2.47 bits per heavy atom. The quantitative estimate of drug-likeness (QED) is 0.388. The Labute approximate surface area is 221 Å². The number of anilines is 2. The lowest BCUT2D eigenvalue weighted by Crippen LogP contribution is -2.47. The van der Waals surface area contributed by atoms with Gasteiger partial charge in [-0.2, -0.15) is 0 Å². The molecule has 0 atom stereocenters. The SMILES string of the molecule is C=CN(Cc1cccc(-c2cnc(N3CCN(c4ncccc4COCC(=O)O)CC3)nc2)c1)C(=O)CN. The Balaban J connectivity index is 1.37. The maximum absolute atomic E-state index is 11.9. The van der Waals surface area contributed by atoms with Crippen molar-refractivity contribution in [2.45, 2.75) is 13.2 Å². The molecule has 0 saturated carbocycles. The van der Waals surface area contributed by atoms with Crippen LogP contribution in [0.25, 0.3) is 11.1 Å². The zero-order chi connectivity index (χ0) is 26.9. The summed E-state index contributed by atoms with van der Waals surface area (Å²) in [5.74, 6) is 0.268. The van der Waals surface area contributed by atoms with Gasteiger partial charge in [-0.3, -0.25) is 4.79 Å². The second-order valence-electron chi connectivity index (χ2n) is 8.73. The van der Waals surface area contributed by atoms with Gasteiger partial charge in [0, 0.05) is 55.9 Å². The number of carbonyl (C=O) groups is 2. The van der Waals surface area contributed by atoms with Crippen LogP contribution in [0.1, 0.15) is 11.1 Å². The maximum Gasteiger partial charge on any atom is 0.329 e. The van der Waals surface area contributed by atoms with Gasteiger partial charge in [-0.05, 0) is 29.5 Å². The van der Waals surface area contributed by atoms with Gasteiger partial charge in [0.1, 0.15) is 12.4 Å². The average Bonchev–Trinajstić information content (AvgIpc) is 2.96. The summed E-state index contributed by atoms with van der Waals surface area (Å²) < 4.78 is 5.27. The van der Waals surface area contributed by atoms with E-state index in [1.165, 1.54) is 11.1 Å². The molecule has 11 nitrogen and oxygen atoms in total. The number of ether oxygens (including phenoxy) is 1. The van der Waals surface area contributed by atoms with Gasteiger partial charge in [0.05, 0.1) is 19.7 Å². The first-order valence-corrected chi connectivity index (χ1v) is 12.2. The van der Waals surface area contributed by atoms with Crippen LogP contribution in [0.2, 0.25) is 0 Å². The Morgan fingerprint density at radius 2 is 1.79 bits per heavy atom. The minimum Gasteiger partial charge on any atom is -0.480 e. The van der Waals surface area contributed by atoms with Gasteiger partial charge >= 0.3 is 5.97 Å². The van der Waals surface area contributed by atoms with E-state index in [9.17, 15) is 9.59 Å². The van der Waals surface area contributed by atoms with Gasteiger partial charge in [0.25, 0.3) is 0 Å². The van der Waals surface area contributed by atoms with Crippen LogP contribution < -0.4 is 15.5 Å². The van der Waals surface area contributed by atoms with E-state index < -0.39 is 5.97 Å². The zero-order valence-electron chi connectivity index (χ0n) is 21.1. The number of hydrogen-bond acceptors (Lipinski definition) is 9. The smallest absolute Gasteiger partial charge is 0.329 e. The molecule has 1 amide bonds. The lowest BCUT2D eigenvalue weighted by molar-refractivity contribution is -0.142. The highest BCUT2D eigenvalue weighted by molar-refractivity contribution is 5.79. The molecule has 1 fully saturated rings. The summed E-state index contributed by atoms with van der Waals surface area (Å²) in [7, 11) is 0. The second-order valence-corrected chi connectivity index (χ2v) is 8.73. The molecule has 3 N–H and O–H groups in total. The van der Waals surface area contributed by atoms with Crippen molar-refractivity contribution >= 4 is 23.6 Å². The van der Waals surface area contributed by atoms with Crippen LogP contribution in [-0.2, 0) is 27.5 Å². The minimum atomic E-state index is -0.999. The Morgan fingerprint density at radius 1 is 1.05 bits per heavy atom. The predicted octanol–water partition coefficient (Wildman–Crippen LogP) is 1.90. The number of nitrogens with zero attached hydrogens (tertiary/aromatic N) is 6. The Bertz CT molecular complexity index is 1260. The van der Waals surface area contributed by atoms with Crippen LogP contribution in [0.5, 0.6) is 0 Å². The fourth-order valence-corrected chi connectivity index (χ4v) is 4.25. The molecule has 0 aliphatic carbocycles. The highest BCUT2D eigenvalue weighted by Crippen LogP contribution is 2.23. The molecule has 0 unspecified atom stereocenters. The summed E-state index contributed by atoms with van der Waals surface area (Å²) in [6.07, 6.45) is 6.83. The van der Waals surface area contributed by atoms with E-state index in [0.29, 0.717) is 25.6 Å². The first-order chi connectivity index (χ1) is 18.5. The molecule has 0 bridgehead atoms. The zero-order valence-corrected chi connectivity index (χ0v) is 21.1. The third kappa shape index (κ3) is 6.69. The molecule has 198 valence electrons. The van der Waals surface area contributed by atoms with E-state index in [-0.39, 0.29) is 25.7 Å². The summed E-state index contributed by atoms with van der Waals surface area (Å²) in [5, 5.41) is 8.82. The van der Waals surface area contributed by atoms with E-state index >= 15 is 0 Å². The van der Waals surface area contributed by atoms with Crippen LogP contribution in [0.3, 0.4) is 0 Å². The number of aliphatic carboxylic acids is 1. The fraction of sp³-hybridized carbons (Fsp3) is 0.296. The van der Waals surface area contributed by atoms with Crippen LogP contribution in [0.4, 0.5) is 11.8 Å². The number of pyridine rings is 1. The number of carbonyl (C=O) groups excluding carboxylic acids is 1. The molecule has 3 aromatic rings. The Hall–Kier alpha value is -4.35. The molecule has 0 radical (unpaired) electrons. The van der Waals surface area contributed by atoms with Crippen LogP contribution in [0.15, 0.2) is 67.8 Å². The molecule has 1 saturated heterocycles. The number of rotatable bonds is 11. The number of carboxylic acid groups (broad SMARTS) is 1. The predicted molar refractivity (Wildman–Crippen MR) is 143 cm³/mol. The summed E-state index contributed by atoms with van der Waals surface area (Å²) >= 11 is 0.